The molecular formula is C23H31N3O3. The molecule has 0 radical (unpaired) electrons. The van der Waals surface area contributed by atoms with E-state index in [9.17, 15) is 4.79 Å². The summed E-state index contributed by atoms with van der Waals surface area (Å²) in [6.45, 7) is 8.26. The molecule has 1 fully saturated rings. The first-order valence-corrected chi connectivity index (χ1v) is 10.1. The molecule has 6 heteroatoms. The predicted octanol–water partition coefficient (Wildman–Crippen LogP) is 4.18. The fraction of sp³-hybridized carbons (Fsp3) is 0.435. The van der Waals surface area contributed by atoms with Crippen LogP contribution in [0.1, 0.15) is 30.9 Å². The van der Waals surface area contributed by atoms with Gasteiger partial charge < -0.3 is 19.7 Å². The highest BCUT2D eigenvalue weighted by molar-refractivity contribution is 5.89. The van der Waals surface area contributed by atoms with E-state index in [1.165, 1.54) is 11.1 Å². The Hall–Kier alpha value is -2.73. The molecule has 1 aliphatic rings. The van der Waals surface area contributed by atoms with Gasteiger partial charge in [0.25, 0.3) is 0 Å². The van der Waals surface area contributed by atoms with E-state index >= 15 is 0 Å². The number of carbonyl (C=O) groups is 1. The van der Waals surface area contributed by atoms with Crippen LogP contribution in [0.25, 0.3) is 0 Å². The van der Waals surface area contributed by atoms with E-state index in [0.717, 1.165) is 36.8 Å². The zero-order valence-corrected chi connectivity index (χ0v) is 17.8. The summed E-state index contributed by atoms with van der Waals surface area (Å²) < 4.78 is 10.7. The van der Waals surface area contributed by atoms with E-state index in [1.54, 1.807) is 14.2 Å². The lowest BCUT2D eigenvalue weighted by Crippen LogP contribution is -2.49. The molecule has 156 valence electrons. The Morgan fingerprint density at radius 1 is 0.966 bits per heavy atom. The van der Waals surface area contributed by atoms with Gasteiger partial charge >= 0.3 is 6.03 Å². The van der Waals surface area contributed by atoms with Crippen molar-refractivity contribution in [3.05, 3.63) is 53.6 Å². The van der Waals surface area contributed by atoms with Crippen molar-refractivity contribution in [1.29, 1.82) is 0 Å². The summed E-state index contributed by atoms with van der Waals surface area (Å²) >= 11 is 0. The summed E-state index contributed by atoms with van der Waals surface area (Å²) in [4.78, 5) is 16.8. The lowest BCUT2D eigenvalue weighted by atomic mass is 10.0. The van der Waals surface area contributed by atoms with Crippen LogP contribution in [0.5, 0.6) is 11.5 Å². The fourth-order valence-electron chi connectivity index (χ4n) is 3.50. The third-order valence-corrected chi connectivity index (χ3v) is 5.34. The zero-order chi connectivity index (χ0) is 20.8. The normalized spacial score (nSPS) is 14.7. The number of benzene rings is 2. The Labute approximate surface area is 173 Å². The van der Waals surface area contributed by atoms with Gasteiger partial charge in [0.15, 0.2) is 11.5 Å². The first kappa shape index (κ1) is 21.0. The number of ether oxygens (including phenoxy) is 2. The number of hydrogen-bond acceptors (Lipinski definition) is 4. The average Bonchev–Trinajstić information content (AvgIpc) is 2.74. The van der Waals surface area contributed by atoms with Crippen molar-refractivity contribution in [3.8, 4) is 11.5 Å². The molecule has 0 bridgehead atoms. The van der Waals surface area contributed by atoms with Crippen LogP contribution < -0.4 is 14.8 Å². The third-order valence-electron chi connectivity index (χ3n) is 5.34. The van der Waals surface area contributed by atoms with Gasteiger partial charge in [-0.1, -0.05) is 32.0 Å². The second-order valence-electron chi connectivity index (χ2n) is 7.66. The van der Waals surface area contributed by atoms with E-state index in [2.05, 4.69) is 42.3 Å². The van der Waals surface area contributed by atoms with Gasteiger partial charge in [-0.3, -0.25) is 4.90 Å². The van der Waals surface area contributed by atoms with E-state index in [0.29, 0.717) is 19.0 Å². The maximum absolute atomic E-state index is 12.6. The van der Waals surface area contributed by atoms with E-state index in [4.69, 9.17) is 9.47 Å². The molecule has 0 unspecified atom stereocenters. The highest BCUT2D eigenvalue weighted by Crippen LogP contribution is 2.28. The van der Waals surface area contributed by atoms with Crippen LogP contribution >= 0.6 is 0 Å². The van der Waals surface area contributed by atoms with Crippen LogP contribution in [0.15, 0.2) is 42.5 Å². The molecule has 0 saturated carbocycles. The van der Waals surface area contributed by atoms with Gasteiger partial charge in [-0.15, -0.1) is 0 Å². The van der Waals surface area contributed by atoms with E-state index in [-0.39, 0.29) is 6.03 Å². The van der Waals surface area contributed by atoms with Crippen molar-refractivity contribution in [3.63, 3.8) is 0 Å². The highest BCUT2D eigenvalue weighted by atomic mass is 16.5. The van der Waals surface area contributed by atoms with Crippen LogP contribution in [-0.2, 0) is 6.54 Å². The summed E-state index contributed by atoms with van der Waals surface area (Å²) in [6.07, 6.45) is 0. The topological polar surface area (TPSA) is 54.0 Å². The van der Waals surface area contributed by atoms with Crippen LogP contribution in [-0.4, -0.2) is 56.2 Å². The molecule has 2 aromatic rings. The molecule has 1 aliphatic heterocycles. The first-order chi connectivity index (χ1) is 14.0. The molecule has 1 heterocycles. The van der Waals surface area contributed by atoms with Gasteiger partial charge in [0.2, 0.25) is 0 Å². The Morgan fingerprint density at radius 2 is 1.62 bits per heavy atom. The average molecular weight is 398 g/mol. The lowest BCUT2D eigenvalue weighted by molar-refractivity contribution is 0.143. The molecule has 1 N–H and O–H groups in total. The number of rotatable bonds is 6. The van der Waals surface area contributed by atoms with Crippen molar-refractivity contribution >= 4 is 11.7 Å². The Kier molecular flexibility index (Phi) is 6.99. The molecular weight excluding hydrogens is 366 g/mol. The summed E-state index contributed by atoms with van der Waals surface area (Å²) in [5, 5.41) is 3.01. The molecule has 29 heavy (non-hydrogen) atoms. The fourth-order valence-corrected chi connectivity index (χ4v) is 3.50. The second-order valence-corrected chi connectivity index (χ2v) is 7.66. The minimum atomic E-state index is -0.0342. The van der Waals surface area contributed by atoms with Crippen LogP contribution in [0.2, 0.25) is 0 Å². The predicted molar refractivity (Wildman–Crippen MR) is 116 cm³/mol. The number of methoxy groups -OCH3 is 2. The molecule has 1 saturated heterocycles. The molecule has 0 aliphatic carbocycles. The Morgan fingerprint density at radius 3 is 2.21 bits per heavy atom. The van der Waals surface area contributed by atoms with Gasteiger partial charge in [0, 0.05) is 38.4 Å². The molecule has 0 atom stereocenters. The number of piperazine rings is 1. The molecule has 3 rings (SSSR count). The monoisotopic (exact) mass is 397 g/mol. The summed E-state index contributed by atoms with van der Waals surface area (Å²) in [6, 6.07) is 14.1. The third kappa shape index (κ3) is 5.41. The minimum Gasteiger partial charge on any atom is -0.493 e. The molecule has 6 nitrogen and oxygen atoms in total. The number of nitrogens with zero attached hydrogens (tertiary/aromatic N) is 2. The van der Waals surface area contributed by atoms with Gasteiger partial charge in [0.1, 0.15) is 0 Å². The summed E-state index contributed by atoms with van der Waals surface area (Å²) in [5.74, 6) is 1.96. The zero-order valence-electron chi connectivity index (χ0n) is 17.8. The lowest BCUT2D eigenvalue weighted by Gasteiger charge is -2.34. The quantitative estimate of drug-likeness (QED) is 0.795. The number of hydrogen-bond donors (Lipinski definition) is 1. The maximum atomic E-state index is 12.6. The second kappa shape index (κ2) is 9.65. The summed E-state index contributed by atoms with van der Waals surface area (Å²) in [5.41, 5.74) is 3.28. The van der Waals surface area contributed by atoms with Crippen LogP contribution in [0.3, 0.4) is 0 Å². The van der Waals surface area contributed by atoms with Gasteiger partial charge in [-0.2, -0.15) is 0 Å². The van der Waals surface area contributed by atoms with Gasteiger partial charge in [0.05, 0.1) is 14.2 Å². The molecule has 2 amide bonds. The number of urea groups is 1. The minimum absolute atomic E-state index is 0.0342. The first-order valence-electron chi connectivity index (χ1n) is 10.1. The Balaban J connectivity index is 1.50. The standard InChI is InChI=1S/C23H31N3O3/c1-17(2)19-6-8-20(9-7-19)24-23(27)26-13-11-25(12-14-26)16-18-5-10-21(28-3)22(15-18)29-4/h5-10,15,17H,11-14,16H2,1-4H3,(H,24,27). The van der Waals surface area contributed by atoms with Crippen molar-refractivity contribution in [2.24, 2.45) is 0 Å². The molecule has 0 aromatic heterocycles. The van der Waals surface area contributed by atoms with E-state index in [1.807, 2.05) is 29.2 Å². The number of anilines is 1. The number of amides is 2. The van der Waals surface area contributed by atoms with Crippen LogP contribution in [0, 0.1) is 0 Å². The van der Waals surface area contributed by atoms with Gasteiger partial charge in [-0.05, 0) is 41.3 Å². The molecule has 0 spiro atoms. The number of carbonyl (C=O) groups excluding carboxylic acids is 1. The molecule has 2 aromatic carbocycles. The smallest absolute Gasteiger partial charge is 0.321 e. The van der Waals surface area contributed by atoms with E-state index < -0.39 is 0 Å². The van der Waals surface area contributed by atoms with Crippen molar-refractivity contribution in [2.45, 2.75) is 26.3 Å². The van der Waals surface area contributed by atoms with Crippen molar-refractivity contribution < 1.29 is 14.3 Å². The van der Waals surface area contributed by atoms with Gasteiger partial charge in [-0.25, -0.2) is 4.79 Å². The highest BCUT2D eigenvalue weighted by Gasteiger charge is 2.21. The largest absolute Gasteiger partial charge is 0.493 e. The SMILES string of the molecule is COc1ccc(CN2CCN(C(=O)Nc3ccc(C(C)C)cc3)CC2)cc1OC. The van der Waals surface area contributed by atoms with Crippen molar-refractivity contribution in [2.75, 3.05) is 45.7 Å². The van der Waals surface area contributed by atoms with Crippen LogP contribution in [0.4, 0.5) is 10.5 Å². The van der Waals surface area contributed by atoms with Crippen molar-refractivity contribution in [1.82, 2.24) is 9.80 Å². The maximum Gasteiger partial charge on any atom is 0.321 e. The summed E-state index contributed by atoms with van der Waals surface area (Å²) in [7, 11) is 3.29. The number of nitrogens with one attached hydrogen (secondary N) is 1. The Bertz CT molecular complexity index is 813.